The number of hydrogen-bond acceptors (Lipinski definition) is 2. The lowest BCUT2D eigenvalue weighted by Gasteiger charge is -2.06. The van der Waals surface area contributed by atoms with Gasteiger partial charge in [-0.2, -0.15) is 5.10 Å². The molecule has 0 fully saturated rings. The zero-order valence-electron chi connectivity index (χ0n) is 11.3. The third-order valence-electron chi connectivity index (χ3n) is 3.33. The summed E-state index contributed by atoms with van der Waals surface area (Å²) < 4.78 is 16.2. The van der Waals surface area contributed by atoms with Crippen LogP contribution < -0.4 is 0 Å². The molecule has 1 aromatic carbocycles. The number of Topliss-reactive ketones (excluding diaryl/α,β-unsaturated/α-hetero) is 1. The number of benzene rings is 1. The fraction of sp³-hybridized carbons (Fsp3) is 0.286. The van der Waals surface area contributed by atoms with Gasteiger partial charge in [-0.3, -0.25) is 9.48 Å². The largest absolute Gasteiger partial charge is 0.294 e. The van der Waals surface area contributed by atoms with Gasteiger partial charge in [-0.05, 0) is 41.9 Å². The number of halogens is 3. The van der Waals surface area contributed by atoms with Crippen molar-refractivity contribution >= 4 is 33.3 Å². The summed E-state index contributed by atoms with van der Waals surface area (Å²) in [6, 6.07) is 3.01. The van der Waals surface area contributed by atoms with Crippen molar-refractivity contribution in [3.05, 3.63) is 50.0 Å². The molecule has 106 valence electrons. The average Bonchev–Trinajstić information content (AvgIpc) is 2.62. The average molecular weight is 360 g/mol. The minimum atomic E-state index is -0.690. The minimum Gasteiger partial charge on any atom is -0.294 e. The Hall–Kier alpha value is -1.20. The molecule has 0 N–H and O–H groups in total. The third-order valence-corrected chi connectivity index (χ3v) is 4.59. The summed E-state index contributed by atoms with van der Waals surface area (Å²) >= 11 is 8.93. The van der Waals surface area contributed by atoms with Crippen molar-refractivity contribution in [3.8, 4) is 0 Å². The van der Waals surface area contributed by atoms with Gasteiger partial charge in [0.2, 0.25) is 0 Å². The second-order valence-corrected chi connectivity index (χ2v) is 5.83. The molecule has 0 aliphatic rings. The van der Waals surface area contributed by atoms with Gasteiger partial charge >= 0.3 is 0 Å². The normalized spacial score (nSPS) is 10.9. The van der Waals surface area contributed by atoms with E-state index < -0.39 is 5.82 Å². The fourth-order valence-corrected chi connectivity index (χ4v) is 2.54. The number of ketones is 1. The standard InChI is InChI=1S/C14H13BrClFN2O/c1-7-10(8(2)19(3)18-7)6-12(20)9-4-5-11(15)13(16)14(9)17/h4-5H,6H2,1-3H3. The highest BCUT2D eigenvalue weighted by molar-refractivity contribution is 9.10. The lowest BCUT2D eigenvalue weighted by atomic mass is 10.0. The van der Waals surface area contributed by atoms with Crippen LogP contribution in [-0.4, -0.2) is 15.6 Å². The minimum absolute atomic E-state index is 0.000790. The molecule has 2 aromatic rings. The molecular weight excluding hydrogens is 347 g/mol. The van der Waals surface area contributed by atoms with Crippen LogP contribution in [-0.2, 0) is 13.5 Å². The Balaban J connectivity index is 2.36. The first-order valence-electron chi connectivity index (χ1n) is 5.98. The highest BCUT2D eigenvalue weighted by atomic mass is 79.9. The van der Waals surface area contributed by atoms with Crippen LogP contribution in [0.2, 0.25) is 5.02 Å². The van der Waals surface area contributed by atoms with E-state index in [-0.39, 0.29) is 22.8 Å². The number of aryl methyl sites for hydroxylation is 2. The maximum atomic E-state index is 14.0. The SMILES string of the molecule is Cc1nn(C)c(C)c1CC(=O)c1ccc(Br)c(Cl)c1F. The molecule has 0 spiro atoms. The van der Waals surface area contributed by atoms with Gasteiger partial charge in [0.05, 0.1) is 16.3 Å². The third kappa shape index (κ3) is 2.65. The summed E-state index contributed by atoms with van der Waals surface area (Å²) in [6.07, 6.45) is 0.111. The molecule has 0 unspecified atom stereocenters. The molecule has 0 radical (unpaired) electrons. The summed E-state index contributed by atoms with van der Waals surface area (Å²) in [5, 5.41) is 4.17. The molecule has 1 aromatic heterocycles. The highest BCUT2D eigenvalue weighted by Gasteiger charge is 2.19. The molecule has 3 nitrogen and oxygen atoms in total. The van der Waals surface area contributed by atoms with Crippen molar-refractivity contribution in [1.29, 1.82) is 0 Å². The van der Waals surface area contributed by atoms with Gasteiger partial charge in [0.15, 0.2) is 11.6 Å². The summed E-state index contributed by atoms with van der Waals surface area (Å²) in [6.45, 7) is 3.72. The number of rotatable bonds is 3. The van der Waals surface area contributed by atoms with Gasteiger partial charge in [-0.1, -0.05) is 11.6 Å². The molecule has 0 aliphatic heterocycles. The van der Waals surface area contributed by atoms with Crippen molar-refractivity contribution in [3.63, 3.8) is 0 Å². The Bertz CT molecular complexity index is 697. The Kier molecular flexibility index (Phi) is 4.30. The van der Waals surface area contributed by atoms with Crippen LogP contribution in [0.3, 0.4) is 0 Å². The first-order chi connectivity index (χ1) is 9.32. The van der Waals surface area contributed by atoms with Gasteiger partial charge in [-0.25, -0.2) is 4.39 Å². The molecule has 20 heavy (non-hydrogen) atoms. The van der Waals surface area contributed by atoms with Crippen molar-refractivity contribution < 1.29 is 9.18 Å². The Morgan fingerprint density at radius 2 is 2.10 bits per heavy atom. The smallest absolute Gasteiger partial charge is 0.170 e. The van der Waals surface area contributed by atoms with Crippen molar-refractivity contribution in [2.24, 2.45) is 7.05 Å². The molecule has 0 atom stereocenters. The summed E-state index contributed by atoms with van der Waals surface area (Å²) in [5.41, 5.74) is 2.51. The van der Waals surface area contributed by atoms with E-state index in [4.69, 9.17) is 11.6 Å². The monoisotopic (exact) mass is 358 g/mol. The zero-order chi connectivity index (χ0) is 15.0. The molecular formula is C14H13BrClFN2O. The zero-order valence-corrected chi connectivity index (χ0v) is 13.6. The van der Waals surface area contributed by atoms with E-state index in [1.807, 2.05) is 20.9 Å². The maximum absolute atomic E-state index is 14.0. The predicted octanol–water partition coefficient (Wildman–Crippen LogP) is 4.02. The van der Waals surface area contributed by atoms with E-state index in [2.05, 4.69) is 21.0 Å². The number of carbonyl (C=O) groups excluding carboxylic acids is 1. The van der Waals surface area contributed by atoms with Crippen LogP contribution in [0.4, 0.5) is 4.39 Å². The molecule has 1 heterocycles. The van der Waals surface area contributed by atoms with Gasteiger partial charge in [-0.15, -0.1) is 0 Å². The second-order valence-electron chi connectivity index (χ2n) is 4.60. The number of hydrogen-bond donors (Lipinski definition) is 0. The summed E-state index contributed by atoms with van der Waals surface area (Å²) in [7, 11) is 1.81. The van der Waals surface area contributed by atoms with Gasteiger partial charge < -0.3 is 0 Å². The molecule has 0 saturated carbocycles. The predicted molar refractivity (Wildman–Crippen MR) is 79.8 cm³/mol. The number of nitrogens with zero attached hydrogens (tertiary/aromatic N) is 2. The summed E-state index contributed by atoms with van der Waals surface area (Å²) in [5.74, 6) is -0.999. The van der Waals surface area contributed by atoms with Crippen LogP contribution in [0, 0.1) is 19.7 Å². The summed E-state index contributed by atoms with van der Waals surface area (Å²) in [4.78, 5) is 12.3. The molecule has 0 aliphatic carbocycles. The molecule has 2 rings (SSSR count). The van der Waals surface area contributed by atoms with Crippen molar-refractivity contribution in [1.82, 2.24) is 9.78 Å². The Morgan fingerprint density at radius 3 is 2.65 bits per heavy atom. The van der Waals surface area contributed by atoms with Crippen molar-refractivity contribution in [2.75, 3.05) is 0 Å². The van der Waals surface area contributed by atoms with Crippen molar-refractivity contribution in [2.45, 2.75) is 20.3 Å². The first kappa shape index (κ1) is 15.2. The van der Waals surface area contributed by atoms with E-state index in [0.29, 0.717) is 4.47 Å². The lowest BCUT2D eigenvalue weighted by molar-refractivity contribution is 0.0988. The maximum Gasteiger partial charge on any atom is 0.170 e. The van der Waals surface area contributed by atoms with E-state index in [9.17, 15) is 9.18 Å². The van der Waals surface area contributed by atoms with Crippen LogP contribution in [0.1, 0.15) is 27.3 Å². The molecule has 6 heteroatoms. The van der Waals surface area contributed by atoms with Gasteiger partial charge in [0.1, 0.15) is 0 Å². The van der Waals surface area contributed by atoms with Crippen LogP contribution >= 0.6 is 27.5 Å². The highest BCUT2D eigenvalue weighted by Crippen LogP contribution is 2.28. The van der Waals surface area contributed by atoms with E-state index in [1.54, 1.807) is 10.7 Å². The van der Waals surface area contributed by atoms with E-state index >= 15 is 0 Å². The van der Waals surface area contributed by atoms with E-state index in [0.717, 1.165) is 17.0 Å². The molecule has 0 saturated heterocycles. The number of carbonyl (C=O) groups is 1. The molecule has 0 bridgehead atoms. The topological polar surface area (TPSA) is 34.9 Å². The van der Waals surface area contributed by atoms with E-state index in [1.165, 1.54) is 6.07 Å². The first-order valence-corrected chi connectivity index (χ1v) is 7.15. The van der Waals surface area contributed by atoms with Gasteiger partial charge in [0.25, 0.3) is 0 Å². The Morgan fingerprint density at radius 1 is 1.45 bits per heavy atom. The molecule has 0 amide bonds. The van der Waals surface area contributed by atoms with Crippen LogP contribution in [0.25, 0.3) is 0 Å². The quantitative estimate of drug-likeness (QED) is 0.613. The lowest BCUT2D eigenvalue weighted by Crippen LogP contribution is -2.08. The number of aromatic nitrogens is 2. The second kappa shape index (κ2) is 5.66. The van der Waals surface area contributed by atoms with Crippen LogP contribution in [0.5, 0.6) is 0 Å². The Labute approximate surface area is 129 Å². The van der Waals surface area contributed by atoms with Crippen LogP contribution in [0.15, 0.2) is 16.6 Å². The fourth-order valence-electron chi connectivity index (χ4n) is 2.07. The van der Waals surface area contributed by atoms with Gasteiger partial charge in [0, 0.05) is 29.2 Å².